The molecule has 1 saturated heterocycles. The molecule has 1 aromatic heterocycles. The maximum Gasteiger partial charge on any atom is 0.259 e. The first kappa shape index (κ1) is 21.5. The molecule has 0 aliphatic carbocycles. The van der Waals surface area contributed by atoms with Crippen molar-refractivity contribution in [2.45, 2.75) is 51.5 Å². The van der Waals surface area contributed by atoms with Gasteiger partial charge in [-0.15, -0.1) is 11.3 Å². The van der Waals surface area contributed by atoms with Gasteiger partial charge in [-0.2, -0.15) is 0 Å². The Morgan fingerprint density at radius 1 is 1.23 bits per heavy atom. The van der Waals surface area contributed by atoms with Gasteiger partial charge in [0.25, 0.3) is 5.91 Å². The molecule has 0 bridgehead atoms. The van der Waals surface area contributed by atoms with Crippen molar-refractivity contribution >= 4 is 33.2 Å². The third kappa shape index (κ3) is 4.64. The van der Waals surface area contributed by atoms with Gasteiger partial charge in [0.1, 0.15) is 5.82 Å². The van der Waals surface area contributed by atoms with Gasteiger partial charge in [-0.05, 0) is 73.2 Å². The van der Waals surface area contributed by atoms with Crippen LogP contribution in [0.25, 0.3) is 10.1 Å². The molecule has 6 heteroatoms. The number of rotatable bonds is 7. The fourth-order valence-electron chi connectivity index (χ4n) is 4.56. The van der Waals surface area contributed by atoms with Crippen molar-refractivity contribution in [3.63, 3.8) is 0 Å². The quantitative estimate of drug-likeness (QED) is 0.564. The Morgan fingerprint density at radius 2 is 2.03 bits per heavy atom. The maximum absolute atomic E-state index is 13.4. The second-order valence-electron chi connectivity index (χ2n) is 8.29. The lowest BCUT2D eigenvalue weighted by atomic mass is 10.00. The van der Waals surface area contributed by atoms with Crippen LogP contribution in [0.15, 0.2) is 42.5 Å². The Morgan fingerprint density at radius 3 is 2.81 bits per heavy atom. The maximum atomic E-state index is 13.4. The molecular weight excluding hydrogens is 411 g/mol. The minimum absolute atomic E-state index is 0.0941. The average molecular weight is 439 g/mol. The number of primary amides is 1. The molecule has 1 atom stereocenters. The minimum Gasteiger partial charge on any atom is -0.365 e. The fraction of sp³-hybridized carbons (Fsp3) is 0.360. The molecule has 3 aromatic rings. The zero-order chi connectivity index (χ0) is 22.0. The lowest BCUT2D eigenvalue weighted by Crippen LogP contribution is -2.37. The zero-order valence-corrected chi connectivity index (χ0v) is 18.5. The monoisotopic (exact) mass is 438 g/mol. The molecule has 1 unspecified atom stereocenters. The molecule has 31 heavy (non-hydrogen) atoms. The molecule has 4 rings (SSSR count). The topological polar surface area (TPSA) is 63.4 Å². The third-order valence-electron chi connectivity index (χ3n) is 6.14. The van der Waals surface area contributed by atoms with Crippen LogP contribution in [0.5, 0.6) is 0 Å². The van der Waals surface area contributed by atoms with Crippen molar-refractivity contribution in [3.8, 4) is 0 Å². The molecule has 1 aliphatic heterocycles. The number of hydrogen-bond acceptors (Lipinski definition) is 3. The van der Waals surface area contributed by atoms with Crippen LogP contribution in [0.1, 0.15) is 52.0 Å². The Balaban J connectivity index is 1.43. The predicted molar refractivity (Wildman–Crippen MR) is 123 cm³/mol. The second-order valence-corrected chi connectivity index (χ2v) is 9.35. The van der Waals surface area contributed by atoms with Crippen molar-refractivity contribution < 1.29 is 14.0 Å². The van der Waals surface area contributed by atoms with E-state index in [1.54, 1.807) is 13.0 Å². The van der Waals surface area contributed by atoms with Gasteiger partial charge in [-0.1, -0.05) is 30.3 Å². The molecule has 4 nitrogen and oxygen atoms in total. The normalized spacial score (nSPS) is 16.2. The smallest absolute Gasteiger partial charge is 0.259 e. The molecule has 0 saturated carbocycles. The summed E-state index contributed by atoms with van der Waals surface area (Å²) < 4.78 is 14.5. The van der Waals surface area contributed by atoms with Crippen LogP contribution in [0, 0.1) is 12.7 Å². The summed E-state index contributed by atoms with van der Waals surface area (Å²) >= 11 is 1.43. The van der Waals surface area contributed by atoms with Gasteiger partial charge in [0.15, 0.2) is 0 Å². The third-order valence-corrected chi connectivity index (χ3v) is 7.37. The van der Waals surface area contributed by atoms with E-state index < -0.39 is 5.91 Å². The summed E-state index contributed by atoms with van der Waals surface area (Å²) in [6.45, 7) is 2.51. The van der Waals surface area contributed by atoms with E-state index in [4.69, 9.17) is 5.73 Å². The molecule has 1 fully saturated rings. The van der Waals surface area contributed by atoms with Crippen molar-refractivity contribution in [2.75, 3.05) is 6.54 Å². The van der Waals surface area contributed by atoms with E-state index in [9.17, 15) is 14.0 Å². The van der Waals surface area contributed by atoms with Crippen LogP contribution in [-0.2, 0) is 17.6 Å². The first-order valence-corrected chi connectivity index (χ1v) is 11.6. The number of amides is 2. The van der Waals surface area contributed by atoms with E-state index in [-0.39, 0.29) is 17.8 Å². The number of nitrogens with zero attached hydrogens (tertiary/aromatic N) is 1. The van der Waals surface area contributed by atoms with Crippen molar-refractivity contribution in [2.24, 2.45) is 5.73 Å². The highest BCUT2D eigenvalue weighted by Crippen LogP contribution is 2.34. The fourth-order valence-corrected chi connectivity index (χ4v) is 5.65. The Bertz CT molecular complexity index is 1120. The second kappa shape index (κ2) is 9.18. The van der Waals surface area contributed by atoms with Gasteiger partial charge in [-0.3, -0.25) is 9.59 Å². The van der Waals surface area contributed by atoms with E-state index >= 15 is 0 Å². The molecule has 2 N–H and O–H groups in total. The lowest BCUT2D eigenvalue weighted by molar-refractivity contribution is -0.132. The number of aryl methyl sites for hydroxylation is 2. The van der Waals surface area contributed by atoms with Crippen LogP contribution in [0.4, 0.5) is 4.39 Å². The number of halogens is 1. The molecule has 0 spiro atoms. The Hall–Kier alpha value is -2.73. The van der Waals surface area contributed by atoms with Gasteiger partial charge >= 0.3 is 0 Å². The SMILES string of the molecule is Cc1cc(CCCC(=O)N2CCCC2Cc2c(C(N)=O)sc3ccccc23)ccc1F. The van der Waals surface area contributed by atoms with E-state index in [1.165, 1.54) is 17.4 Å². The average Bonchev–Trinajstić information content (AvgIpc) is 3.36. The molecule has 2 amide bonds. The predicted octanol–water partition coefficient (Wildman–Crippen LogP) is 5.00. The molecule has 162 valence electrons. The van der Waals surface area contributed by atoms with E-state index in [1.807, 2.05) is 35.2 Å². The van der Waals surface area contributed by atoms with E-state index in [2.05, 4.69) is 0 Å². The first-order chi connectivity index (χ1) is 14.9. The number of benzene rings is 2. The summed E-state index contributed by atoms with van der Waals surface area (Å²) in [5.41, 5.74) is 8.32. The number of fused-ring (bicyclic) bond motifs is 1. The zero-order valence-electron chi connectivity index (χ0n) is 17.7. The summed E-state index contributed by atoms with van der Waals surface area (Å²) in [4.78, 5) is 27.6. The van der Waals surface area contributed by atoms with Crippen molar-refractivity contribution in [1.29, 1.82) is 0 Å². The first-order valence-electron chi connectivity index (χ1n) is 10.8. The van der Waals surface area contributed by atoms with Crippen LogP contribution in [0.3, 0.4) is 0 Å². The lowest BCUT2D eigenvalue weighted by Gasteiger charge is -2.25. The number of thiophene rings is 1. The van der Waals surface area contributed by atoms with E-state index in [0.717, 1.165) is 53.4 Å². The van der Waals surface area contributed by atoms with Crippen LogP contribution in [-0.4, -0.2) is 29.3 Å². The van der Waals surface area contributed by atoms with Gasteiger partial charge in [0.2, 0.25) is 5.91 Å². The van der Waals surface area contributed by atoms with Crippen molar-refractivity contribution in [1.82, 2.24) is 4.90 Å². The number of carbonyl (C=O) groups is 2. The number of nitrogens with two attached hydrogens (primary N) is 1. The summed E-state index contributed by atoms with van der Waals surface area (Å²) in [6, 6.07) is 13.2. The molecule has 2 aromatic carbocycles. The van der Waals surface area contributed by atoms with Crippen LogP contribution in [0.2, 0.25) is 0 Å². The highest BCUT2D eigenvalue weighted by atomic mass is 32.1. The highest BCUT2D eigenvalue weighted by molar-refractivity contribution is 7.21. The van der Waals surface area contributed by atoms with Gasteiger partial charge in [0, 0.05) is 23.7 Å². The number of hydrogen-bond donors (Lipinski definition) is 1. The Kier molecular flexibility index (Phi) is 6.37. The molecule has 2 heterocycles. The van der Waals surface area contributed by atoms with Crippen LogP contribution >= 0.6 is 11.3 Å². The van der Waals surface area contributed by atoms with Crippen LogP contribution < -0.4 is 5.73 Å². The van der Waals surface area contributed by atoms with Gasteiger partial charge in [-0.25, -0.2) is 4.39 Å². The summed E-state index contributed by atoms with van der Waals surface area (Å²) in [7, 11) is 0. The van der Waals surface area contributed by atoms with Gasteiger partial charge in [0.05, 0.1) is 4.88 Å². The molecule has 1 aliphatic rings. The summed E-state index contributed by atoms with van der Waals surface area (Å²) in [5.74, 6) is -0.445. The number of likely N-dealkylation sites (tertiary alicyclic amines) is 1. The summed E-state index contributed by atoms with van der Waals surface area (Å²) in [5, 5.41) is 1.06. The minimum atomic E-state index is -0.401. The standard InChI is InChI=1S/C25H27FN2O2S/c1-16-14-17(11-12-21(16)26)6-4-10-23(29)28-13-5-7-18(28)15-20-19-8-2-3-9-22(19)31-24(20)25(27)30/h2-3,8-9,11-12,14,18H,4-7,10,13,15H2,1H3,(H2,27,30). The largest absolute Gasteiger partial charge is 0.365 e. The van der Waals surface area contributed by atoms with Crippen molar-refractivity contribution in [3.05, 3.63) is 69.8 Å². The summed E-state index contributed by atoms with van der Waals surface area (Å²) in [6.07, 6.45) is 4.53. The van der Waals surface area contributed by atoms with E-state index in [0.29, 0.717) is 23.3 Å². The molecular formula is C25H27FN2O2S. The Labute approximate surface area is 185 Å². The molecule has 0 radical (unpaired) electrons. The number of carbonyl (C=O) groups excluding carboxylic acids is 2. The van der Waals surface area contributed by atoms with Gasteiger partial charge < -0.3 is 10.6 Å². The highest BCUT2D eigenvalue weighted by Gasteiger charge is 2.30.